The first-order chi connectivity index (χ1) is 14.2. The maximum absolute atomic E-state index is 14.0. The molecular weight excluding hydrogens is 400 g/mol. The second-order valence-corrected chi connectivity index (χ2v) is 7.56. The largest absolute Gasteiger partial charge is 0.507 e. The first-order valence-corrected chi connectivity index (χ1v) is 9.54. The Hall–Kier alpha value is -2.94. The number of nitrogens with one attached hydrogen (secondary N) is 1. The summed E-state index contributed by atoms with van der Waals surface area (Å²) in [6, 6.07) is 6.83. The van der Waals surface area contributed by atoms with E-state index in [1.165, 1.54) is 18.2 Å². The molecule has 0 aliphatic carbocycles. The van der Waals surface area contributed by atoms with Crippen LogP contribution in [0.2, 0.25) is 0 Å². The van der Waals surface area contributed by atoms with E-state index in [2.05, 4.69) is 20.4 Å². The van der Waals surface area contributed by atoms with Crippen molar-refractivity contribution in [1.29, 1.82) is 0 Å². The average Bonchev–Trinajstić information content (AvgIpc) is 2.68. The van der Waals surface area contributed by atoms with Crippen LogP contribution in [0.15, 0.2) is 36.4 Å². The zero-order valence-corrected chi connectivity index (χ0v) is 16.2. The van der Waals surface area contributed by atoms with Crippen LogP contribution in [0.5, 0.6) is 5.75 Å². The molecule has 2 heterocycles. The second kappa shape index (κ2) is 7.71. The lowest BCUT2D eigenvalue weighted by atomic mass is 10.0. The zero-order chi connectivity index (χ0) is 21.5. The van der Waals surface area contributed by atoms with Crippen molar-refractivity contribution >= 4 is 16.6 Å². The van der Waals surface area contributed by atoms with E-state index < -0.39 is 23.3 Å². The van der Waals surface area contributed by atoms with E-state index >= 15 is 0 Å². The number of benzene rings is 2. The molecule has 1 aliphatic rings. The molecule has 1 atom stereocenters. The third kappa shape index (κ3) is 4.02. The molecule has 2 aromatic carbocycles. The molecule has 5 nitrogen and oxygen atoms in total. The minimum atomic E-state index is -4.58. The molecule has 0 amide bonds. The quantitative estimate of drug-likeness (QED) is 0.604. The highest BCUT2D eigenvalue weighted by Gasteiger charge is 2.31. The monoisotopic (exact) mass is 420 g/mol. The number of phenolic OH excluding ortho intramolecular Hbond substituents is 1. The highest BCUT2D eigenvalue weighted by atomic mass is 19.4. The van der Waals surface area contributed by atoms with Crippen LogP contribution in [0.1, 0.15) is 18.4 Å². The fourth-order valence-electron chi connectivity index (χ4n) is 3.82. The molecule has 1 aliphatic heterocycles. The van der Waals surface area contributed by atoms with Gasteiger partial charge in [-0.2, -0.15) is 13.2 Å². The van der Waals surface area contributed by atoms with Gasteiger partial charge in [0, 0.05) is 28.9 Å². The predicted molar refractivity (Wildman–Crippen MR) is 106 cm³/mol. The summed E-state index contributed by atoms with van der Waals surface area (Å²) in [6.45, 7) is 1.81. The minimum absolute atomic E-state index is 0.0936. The SMILES string of the molecule is CN1CCC[C@@H](Nc2nnc(-c3ccc(C(F)(F)F)cc3O)c3ccc(F)cc23)C1. The molecule has 2 N–H and O–H groups in total. The van der Waals surface area contributed by atoms with Gasteiger partial charge >= 0.3 is 6.18 Å². The molecule has 3 aromatic rings. The summed E-state index contributed by atoms with van der Waals surface area (Å²) in [5.74, 6) is -0.638. The van der Waals surface area contributed by atoms with Crippen molar-refractivity contribution < 1.29 is 22.7 Å². The Bertz CT molecular complexity index is 1090. The van der Waals surface area contributed by atoms with Crippen molar-refractivity contribution in [1.82, 2.24) is 15.1 Å². The van der Waals surface area contributed by atoms with E-state index in [4.69, 9.17) is 0 Å². The van der Waals surface area contributed by atoms with Gasteiger partial charge in [0.1, 0.15) is 17.3 Å². The van der Waals surface area contributed by atoms with Crippen LogP contribution in [0.25, 0.3) is 22.0 Å². The molecule has 0 bridgehead atoms. The molecule has 1 aromatic heterocycles. The number of anilines is 1. The van der Waals surface area contributed by atoms with Crippen molar-refractivity contribution in [3.8, 4) is 17.0 Å². The fraction of sp³-hybridized carbons (Fsp3) is 0.333. The maximum atomic E-state index is 14.0. The summed E-state index contributed by atoms with van der Waals surface area (Å²) in [6.07, 6.45) is -2.62. The van der Waals surface area contributed by atoms with Crippen LogP contribution in [-0.4, -0.2) is 46.4 Å². The Morgan fingerprint density at radius 1 is 1.10 bits per heavy atom. The molecule has 0 spiro atoms. The first kappa shape index (κ1) is 20.3. The van der Waals surface area contributed by atoms with Crippen LogP contribution < -0.4 is 5.32 Å². The average molecular weight is 420 g/mol. The number of halogens is 4. The number of likely N-dealkylation sites (tertiary alicyclic amines) is 1. The molecule has 4 rings (SSSR count). The Morgan fingerprint density at radius 2 is 1.90 bits per heavy atom. The Labute approximate surface area is 170 Å². The van der Waals surface area contributed by atoms with Crippen LogP contribution in [0.3, 0.4) is 0 Å². The molecule has 0 unspecified atom stereocenters. The van der Waals surface area contributed by atoms with E-state index in [1.54, 1.807) is 0 Å². The number of aromatic nitrogens is 2. The number of phenols is 1. The molecule has 1 fully saturated rings. The van der Waals surface area contributed by atoms with E-state index in [-0.39, 0.29) is 17.3 Å². The predicted octanol–water partition coefficient (Wildman–Crippen LogP) is 4.67. The van der Waals surface area contributed by atoms with Gasteiger partial charge in [0.25, 0.3) is 0 Å². The lowest BCUT2D eigenvalue weighted by Crippen LogP contribution is -2.40. The van der Waals surface area contributed by atoms with Gasteiger partial charge in [-0.25, -0.2) is 4.39 Å². The van der Waals surface area contributed by atoms with Crippen LogP contribution in [0, 0.1) is 5.82 Å². The lowest BCUT2D eigenvalue weighted by molar-refractivity contribution is -0.137. The van der Waals surface area contributed by atoms with Crippen molar-refractivity contribution in [3.05, 3.63) is 47.8 Å². The van der Waals surface area contributed by atoms with Gasteiger partial charge < -0.3 is 15.3 Å². The number of hydrogen-bond acceptors (Lipinski definition) is 5. The van der Waals surface area contributed by atoms with Gasteiger partial charge in [0.05, 0.1) is 5.56 Å². The van der Waals surface area contributed by atoms with Crippen molar-refractivity contribution in [2.45, 2.75) is 25.1 Å². The number of piperidine rings is 1. The number of alkyl halides is 3. The van der Waals surface area contributed by atoms with Gasteiger partial charge in [-0.15, -0.1) is 10.2 Å². The summed E-state index contributed by atoms with van der Waals surface area (Å²) < 4.78 is 52.7. The minimum Gasteiger partial charge on any atom is -0.507 e. The number of fused-ring (bicyclic) bond motifs is 1. The third-order valence-electron chi connectivity index (χ3n) is 5.29. The molecule has 0 radical (unpaired) electrons. The Kier molecular flexibility index (Phi) is 5.23. The van der Waals surface area contributed by atoms with Gasteiger partial charge in [0.15, 0.2) is 5.82 Å². The van der Waals surface area contributed by atoms with Gasteiger partial charge in [-0.05, 0) is 62.8 Å². The third-order valence-corrected chi connectivity index (χ3v) is 5.29. The molecule has 0 saturated carbocycles. The molecule has 158 valence electrons. The number of rotatable bonds is 3. The Morgan fingerprint density at radius 3 is 2.60 bits per heavy atom. The van der Waals surface area contributed by atoms with Crippen LogP contribution >= 0.6 is 0 Å². The number of nitrogens with zero attached hydrogens (tertiary/aromatic N) is 3. The smallest absolute Gasteiger partial charge is 0.416 e. The molecule has 30 heavy (non-hydrogen) atoms. The van der Waals surface area contributed by atoms with Gasteiger partial charge in [0.2, 0.25) is 0 Å². The lowest BCUT2D eigenvalue weighted by Gasteiger charge is -2.30. The summed E-state index contributed by atoms with van der Waals surface area (Å²) in [4.78, 5) is 2.19. The van der Waals surface area contributed by atoms with Crippen LogP contribution in [0.4, 0.5) is 23.4 Å². The number of aromatic hydroxyl groups is 1. The maximum Gasteiger partial charge on any atom is 0.416 e. The van der Waals surface area contributed by atoms with Gasteiger partial charge in [-0.1, -0.05) is 0 Å². The summed E-state index contributed by atoms with van der Waals surface area (Å²) in [5, 5.41) is 22.8. The number of likely N-dealkylation sites (N-methyl/N-ethyl adjacent to an activating group) is 1. The normalized spacial score (nSPS) is 18.0. The van der Waals surface area contributed by atoms with E-state index in [9.17, 15) is 22.7 Å². The van der Waals surface area contributed by atoms with E-state index in [0.29, 0.717) is 22.7 Å². The zero-order valence-electron chi connectivity index (χ0n) is 16.2. The molecular formula is C21H20F4N4O. The van der Waals surface area contributed by atoms with E-state index in [0.717, 1.165) is 38.1 Å². The second-order valence-electron chi connectivity index (χ2n) is 7.56. The van der Waals surface area contributed by atoms with Crippen molar-refractivity contribution in [2.24, 2.45) is 0 Å². The number of hydrogen-bond donors (Lipinski definition) is 2. The topological polar surface area (TPSA) is 61.3 Å². The summed E-state index contributed by atoms with van der Waals surface area (Å²) >= 11 is 0. The van der Waals surface area contributed by atoms with Gasteiger partial charge in [-0.3, -0.25) is 0 Å². The van der Waals surface area contributed by atoms with Crippen molar-refractivity contribution in [2.75, 3.05) is 25.5 Å². The highest BCUT2D eigenvalue weighted by molar-refractivity contribution is 6.01. The summed E-state index contributed by atoms with van der Waals surface area (Å²) in [5.41, 5.74) is -0.689. The Balaban J connectivity index is 1.78. The summed E-state index contributed by atoms with van der Waals surface area (Å²) in [7, 11) is 2.02. The highest BCUT2D eigenvalue weighted by Crippen LogP contribution is 2.39. The first-order valence-electron chi connectivity index (χ1n) is 9.54. The standard InChI is InChI=1S/C21H20F4N4O/c1-29-8-2-3-14(11-29)26-20-17-10-13(22)5-7-15(17)19(27-28-20)16-6-4-12(9-18(16)30)21(23,24)25/h4-7,9-10,14,30H,2-3,8,11H2,1H3,(H,26,28)/t14-/m1/s1. The van der Waals surface area contributed by atoms with Crippen molar-refractivity contribution in [3.63, 3.8) is 0 Å². The molecule has 1 saturated heterocycles. The van der Waals surface area contributed by atoms with E-state index in [1.807, 2.05) is 7.05 Å². The van der Waals surface area contributed by atoms with Crippen LogP contribution in [-0.2, 0) is 6.18 Å². The molecule has 9 heteroatoms. The fourth-order valence-corrected chi connectivity index (χ4v) is 3.82.